The summed E-state index contributed by atoms with van der Waals surface area (Å²) >= 11 is 5.88. The first-order valence-corrected chi connectivity index (χ1v) is 11.9. The lowest BCUT2D eigenvalue weighted by atomic mass is 10.0. The van der Waals surface area contributed by atoms with Gasteiger partial charge in [-0.25, -0.2) is 0 Å². The van der Waals surface area contributed by atoms with Crippen molar-refractivity contribution in [3.63, 3.8) is 0 Å². The minimum Gasteiger partial charge on any atom is -0.491 e. The van der Waals surface area contributed by atoms with E-state index in [0.717, 1.165) is 28.5 Å². The number of aryl methyl sites for hydroxylation is 1. The molecule has 5 rings (SSSR count). The van der Waals surface area contributed by atoms with Crippen molar-refractivity contribution in [2.45, 2.75) is 39.0 Å². The van der Waals surface area contributed by atoms with E-state index in [4.69, 9.17) is 17.0 Å². The molecule has 0 bridgehead atoms. The smallest absolute Gasteiger partial charge is 0.174 e. The molecule has 3 heterocycles. The van der Waals surface area contributed by atoms with Gasteiger partial charge in [0.2, 0.25) is 0 Å². The Morgan fingerprint density at radius 1 is 0.941 bits per heavy atom. The van der Waals surface area contributed by atoms with Gasteiger partial charge in [0.25, 0.3) is 0 Å². The van der Waals surface area contributed by atoms with Crippen LogP contribution in [0, 0.1) is 6.92 Å². The van der Waals surface area contributed by atoms with Gasteiger partial charge in [0.15, 0.2) is 5.11 Å². The van der Waals surface area contributed by atoms with Gasteiger partial charge in [0.05, 0.1) is 17.8 Å². The van der Waals surface area contributed by atoms with Crippen LogP contribution in [0.4, 0.5) is 5.69 Å². The van der Waals surface area contributed by atoms with Crippen molar-refractivity contribution in [3.05, 3.63) is 108 Å². The van der Waals surface area contributed by atoms with Gasteiger partial charge in [-0.3, -0.25) is 4.98 Å². The number of thiocarbonyl (C=S) groups is 1. The van der Waals surface area contributed by atoms with Crippen LogP contribution in [0.15, 0.2) is 91.3 Å². The monoisotopic (exact) mass is 468 g/mol. The molecule has 34 heavy (non-hydrogen) atoms. The minimum absolute atomic E-state index is 0.0882. The van der Waals surface area contributed by atoms with Crippen LogP contribution in [0.2, 0.25) is 0 Å². The third-order valence-corrected chi connectivity index (χ3v) is 6.26. The number of rotatable bonds is 6. The van der Waals surface area contributed by atoms with Crippen LogP contribution in [0.25, 0.3) is 5.69 Å². The number of anilines is 1. The first-order valence-electron chi connectivity index (χ1n) is 11.5. The summed E-state index contributed by atoms with van der Waals surface area (Å²) in [6.45, 7) is 6.17. The van der Waals surface area contributed by atoms with Gasteiger partial charge in [-0.05, 0) is 99.2 Å². The largest absolute Gasteiger partial charge is 0.491 e. The Labute approximate surface area is 206 Å². The molecule has 1 saturated heterocycles. The van der Waals surface area contributed by atoms with Crippen molar-refractivity contribution in [3.8, 4) is 11.4 Å². The fraction of sp³-hybridized carbons (Fsp3) is 0.214. The van der Waals surface area contributed by atoms with E-state index in [1.807, 2.05) is 44.3 Å². The van der Waals surface area contributed by atoms with Crippen LogP contribution in [-0.2, 0) is 0 Å². The highest BCUT2D eigenvalue weighted by Crippen LogP contribution is 2.42. The normalized spacial score (nSPS) is 17.8. The average Bonchev–Trinajstić information content (AvgIpc) is 3.44. The molecule has 172 valence electrons. The molecule has 5 nitrogen and oxygen atoms in total. The molecule has 4 aromatic rings. The van der Waals surface area contributed by atoms with E-state index in [9.17, 15) is 0 Å². The van der Waals surface area contributed by atoms with Crippen LogP contribution in [-0.4, -0.2) is 20.8 Å². The fourth-order valence-corrected chi connectivity index (χ4v) is 4.88. The highest BCUT2D eigenvalue weighted by Gasteiger charge is 2.42. The van der Waals surface area contributed by atoms with Crippen LogP contribution in [0.5, 0.6) is 5.75 Å². The van der Waals surface area contributed by atoms with E-state index < -0.39 is 0 Å². The Balaban J connectivity index is 1.61. The van der Waals surface area contributed by atoms with Gasteiger partial charge >= 0.3 is 0 Å². The van der Waals surface area contributed by atoms with Gasteiger partial charge < -0.3 is 19.5 Å². The number of benzene rings is 2. The summed E-state index contributed by atoms with van der Waals surface area (Å²) in [4.78, 5) is 6.86. The standard InChI is InChI=1S/C28H28N4OS/c1-19(2)33-23-14-12-21(13-15-23)32-27(26(30-28(32)34)24-10-4-5-16-29-24)25-11-7-17-31(25)22-9-6-8-20(3)18-22/h4-19,26-27H,1-3H3,(H,30,34)/t26-,27-/m1/s1. The third kappa shape index (κ3) is 4.29. The number of aromatic nitrogens is 2. The lowest BCUT2D eigenvalue weighted by molar-refractivity contribution is 0.242. The molecule has 1 aliphatic rings. The highest BCUT2D eigenvalue weighted by molar-refractivity contribution is 7.80. The molecule has 2 aromatic carbocycles. The molecule has 0 spiro atoms. The lowest BCUT2D eigenvalue weighted by Gasteiger charge is -2.29. The summed E-state index contributed by atoms with van der Waals surface area (Å²) < 4.78 is 8.10. The Hall–Kier alpha value is -3.64. The van der Waals surface area contributed by atoms with Crippen molar-refractivity contribution in [2.75, 3.05) is 4.90 Å². The SMILES string of the molecule is Cc1cccc(-n2cccc2[C@@H]2[C@@H](c3ccccn3)NC(=S)N2c2ccc(OC(C)C)cc2)c1. The summed E-state index contributed by atoms with van der Waals surface area (Å²) in [6, 6.07) is 26.8. The zero-order valence-electron chi connectivity index (χ0n) is 19.6. The molecule has 6 heteroatoms. The van der Waals surface area contributed by atoms with Crippen molar-refractivity contribution in [1.29, 1.82) is 0 Å². The molecular weight excluding hydrogens is 440 g/mol. The molecule has 0 unspecified atom stereocenters. The highest BCUT2D eigenvalue weighted by atomic mass is 32.1. The Morgan fingerprint density at radius 2 is 1.76 bits per heavy atom. The maximum absolute atomic E-state index is 5.88. The summed E-state index contributed by atoms with van der Waals surface area (Å²) in [6.07, 6.45) is 4.06. The van der Waals surface area contributed by atoms with Gasteiger partial charge in [0, 0.05) is 29.5 Å². The number of pyridine rings is 1. The molecule has 2 aromatic heterocycles. The van der Waals surface area contributed by atoms with E-state index in [1.54, 1.807) is 0 Å². The second-order valence-electron chi connectivity index (χ2n) is 8.80. The number of nitrogens with zero attached hydrogens (tertiary/aromatic N) is 3. The Morgan fingerprint density at radius 3 is 2.47 bits per heavy atom. The average molecular weight is 469 g/mol. The van der Waals surface area contributed by atoms with Crippen molar-refractivity contribution in [1.82, 2.24) is 14.9 Å². The van der Waals surface area contributed by atoms with Crippen LogP contribution in [0.3, 0.4) is 0 Å². The van der Waals surface area contributed by atoms with E-state index >= 15 is 0 Å². The fourth-order valence-electron chi connectivity index (χ4n) is 4.54. The van der Waals surface area contributed by atoms with Crippen LogP contribution < -0.4 is 15.0 Å². The van der Waals surface area contributed by atoms with Crippen LogP contribution in [0.1, 0.15) is 42.9 Å². The first kappa shape index (κ1) is 22.2. The van der Waals surface area contributed by atoms with E-state index in [0.29, 0.717) is 5.11 Å². The van der Waals surface area contributed by atoms with Gasteiger partial charge in [-0.15, -0.1) is 0 Å². The molecule has 0 amide bonds. The number of hydrogen-bond acceptors (Lipinski definition) is 3. The predicted octanol–water partition coefficient (Wildman–Crippen LogP) is 6.15. The molecular formula is C28H28N4OS. The second kappa shape index (κ2) is 9.31. The third-order valence-electron chi connectivity index (χ3n) is 5.95. The molecule has 1 aliphatic heterocycles. The molecule has 0 aliphatic carbocycles. The van der Waals surface area contributed by atoms with E-state index in [1.165, 1.54) is 5.56 Å². The molecule has 1 N–H and O–H groups in total. The number of nitrogens with one attached hydrogen (secondary N) is 1. The molecule has 1 fully saturated rings. The van der Waals surface area contributed by atoms with Gasteiger partial charge in [-0.2, -0.15) is 0 Å². The zero-order chi connectivity index (χ0) is 23.7. The Bertz CT molecular complexity index is 1280. The van der Waals surface area contributed by atoms with Gasteiger partial charge in [0.1, 0.15) is 11.8 Å². The summed E-state index contributed by atoms with van der Waals surface area (Å²) in [5, 5.41) is 4.22. The maximum Gasteiger partial charge on any atom is 0.174 e. The Kier molecular flexibility index (Phi) is 6.07. The molecule has 0 saturated carbocycles. The van der Waals surface area contributed by atoms with Crippen molar-refractivity contribution >= 4 is 23.0 Å². The lowest BCUT2D eigenvalue weighted by Crippen LogP contribution is -2.30. The maximum atomic E-state index is 5.88. The van der Waals surface area contributed by atoms with E-state index in [-0.39, 0.29) is 18.2 Å². The zero-order valence-corrected chi connectivity index (χ0v) is 20.4. The van der Waals surface area contributed by atoms with Gasteiger partial charge in [-0.1, -0.05) is 18.2 Å². The predicted molar refractivity (Wildman–Crippen MR) is 141 cm³/mol. The quantitative estimate of drug-likeness (QED) is 0.344. The second-order valence-corrected chi connectivity index (χ2v) is 9.19. The topological polar surface area (TPSA) is 42.3 Å². The molecule has 2 atom stereocenters. The summed E-state index contributed by atoms with van der Waals surface area (Å²) in [5.41, 5.74) is 5.44. The summed E-state index contributed by atoms with van der Waals surface area (Å²) in [5.74, 6) is 0.845. The van der Waals surface area contributed by atoms with Crippen molar-refractivity contribution < 1.29 is 4.74 Å². The molecule has 0 radical (unpaired) electrons. The number of ether oxygens (including phenoxy) is 1. The summed E-state index contributed by atoms with van der Waals surface area (Å²) in [7, 11) is 0. The first-order chi connectivity index (χ1) is 16.5. The van der Waals surface area contributed by atoms with Crippen molar-refractivity contribution in [2.24, 2.45) is 0 Å². The number of hydrogen-bond donors (Lipinski definition) is 1. The minimum atomic E-state index is -0.0984. The van der Waals surface area contributed by atoms with Crippen LogP contribution >= 0.6 is 12.2 Å². The van der Waals surface area contributed by atoms with E-state index in [2.05, 4.69) is 87.5 Å².